The Balaban J connectivity index is 1.55. The lowest BCUT2D eigenvalue weighted by Gasteiger charge is -2.43. The van der Waals surface area contributed by atoms with Crippen LogP contribution in [0.25, 0.3) is 10.9 Å². The van der Waals surface area contributed by atoms with Gasteiger partial charge in [-0.1, -0.05) is 24.3 Å². The summed E-state index contributed by atoms with van der Waals surface area (Å²) in [4.78, 5) is 20.9. The predicted molar refractivity (Wildman–Crippen MR) is 150 cm³/mol. The molecule has 1 aromatic heterocycles. The summed E-state index contributed by atoms with van der Waals surface area (Å²) in [7, 11) is 2.59. The molecule has 0 aliphatic carbocycles. The quantitative estimate of drug-likeness (QED) is 0.198. The molecule has 0 spiro atoms. The number of aliphatic imine (C=N–C) groups is 1. The third-order valence-corrected chi connectivity index (χ3v) is 7.95. The molecule has 0 fully saturated rings. The monoisotopic (exact) mass is 580 g/mol. The van der Waals surface area contributed by atoms with Crippen LogP contribution in [0.1, 0.15) is 34.8 Å². The zero-order valence-corrected chi connectivity index (χ0v) is 23.2. The van der Waals surface area contributed by atoms with Crippen LogP contribution in [0.2, 0.25) is 0 Å². The Bertz CT molecular complexity index is 1730. The van der Waals surface area contributed by atoms with Gasteiger partial charge in [0, 0.05) is 35.2 Å². The number of ether oxygens (including phenoxy) is 2. The molecule has 4 aromatic rings. The van der Waals surface area contributed by atoms with Gasteiger partial charge in [-0.15, -0.1) is 0 Å². The highest BCUT2D eigenvalue weighted by atomic mass is 19.4. The number of methoxy groups -OCH3 is 2. The van der Waals surface area contributed by atoms with Crippen molar-refractivity contribution in [3.05, 3.63) is 88.9 Å². The molecule has 2 aliphatic heterocycles. The fourth-order valence-corrected chi connectivity index (χ4v) is 5.90. The highest BCUT2D eigenvalue weighted by molar-refractivity contribution is 6.02. The molecular weight excluding hydrogens is 552 g/mol. The van der Waals surface area contributed by atoms with E-state index in [4.69, 9.17) is 14.5 Å². The van der Waals surface area contributed by atoms with Crippen molar-refractivity contribution >= 4 is 34.2 Å². The van der Waals surface area contributed by atoms with Crippen LogP contribution >= 0.6 is 0 Å². The number of anilines is 1. The molecule has 3 heterocycles. The average Bonchev–Trinajstić information content (AvgIpc) is 3.35. The van der Waals surface area contributed by atoms with E-state index in [0.717, 1.165) is 34.3 Å². The molecule has 2 aliphatic rings. The van der Waals surface area contributed by atoms with Gasteiger partial charge in [0.05, 0.1) is 44.5 Å². The number of hydrogen-bond donors (Lipinski definition) is 0. The molecule has 1 atom stereocenters. The summed E-state index contributed by atoms with van der Waals surface area (Å²) in [5.41, 5.74) is 2.74. The van der Waals surface area contributed by atoms with Crippen LogP contribution in [0.15, 0.2) is 65.7 Å². The second-order valence-electron chi connectivity index (χ2n) is 10.4. The lowest BCUT2D eigenvalue weighted by Crippen LogP contribution is -2.50. The molecule has 218 valence electrons. The van der Waals surface area contributed by atoms with Gasteiger partial charge in [-0.25, -0.2) is 9.38 Å². The highest BCUT2D eigenvalue weighted by Gasteiger charge is 2.40. The Hall–Kier alpha value is -4.54. The number of halogens is 4. The molecule has 0 amide bonds. The van der Waals surface area contributed by atoms with Gasteiger partial charge in [-0.05, 0) is 48.9 Å². The van der Waals surface area contributed by atoms with Crippen LogP contribution in [-0.2, 0) is 28.8 Å². The number of alkyl halides is 3. The molecule has 11 heteroatoms. The van der Waals surface area contributed by atoms with E-state index >= 15 is 4.39 Å². The fourth-order valence-electron chi connectivity index (χ4n) is 5.90. The fraction of sp³-hybridized carbons (Fsp3) is 0.290. The van der Waals surface area contributed by atoms with E-state index < -0.39 is 29.6 Å². The van der Waals surface area contributed by atoms with Gasteiger partial charge < -0.3 is 23.8 Å². The van der Waals surface area contributed by atoms with Crippen LogP contribution in [-0.4, -0.2) is 42.2 Å². The van der Waals surface area contributed by atoms with Gasteiger partial charge in [0.1, 0.15) is 17.3 Å². The van der Waals surface area contributed by atoms with Gasteiger partial charge in [0.15, 0.2) is 0 Å². The SMILES string of the molecule is COC(=O)CC1c2cccc(F)c2N=C(N2CCn3c(cc4c(C)cccc43)C2)N1c1cc(C(F)(F)F)ccc1OC. The molecule has 6 rings (SSSR count). The van der Waals surface area contributed by atoms with Crippen molar-refractivity contribution in [1.29, 1.82) is 0 Å². The number of rotatable bonds is 4. The van der Waals surface area contributed by atoms with Gasteiger partial charge >= 0.3 is 12.1 Å². The Morgan fingerprint density at radius 2 is 1.83 bits per heavy atom. The van der Waals surface area contributed by atoms with Crippen molar-refractivity contribution in [2.45, 2.75) is 38.7 Å². The maximum atomic E-state index is 15.3. The van der Waals surface area contributed by atoms with Crippen LogP contribution in [0.5, 0.6) is 5.75 Å². The van der Waals surface area contributed by atoms with Crippen molar-refractivity contribution in [2.75, 3.05) is 25.7 Å². The lowest BCUT2D eigenvalue weighted by molar-refractivity contribution is -0.141. The van der Waals surface area contributed by atoms with E-state index in [1.807, 2.05) is 24.0 Å². The number of aryl methyl sites for hydroxylation is 1. The first-order valence-electron chi connectivity index (χ1n) is 13.4. The van der Waals surface area contributed by atoms with Crippen molar-refractivity contribution in [1.82, 2.24) is 9.47 Å². The van der Waals surface area contributed by atoms with Crippen molar-refractivity contribution in [3.63, 3.8) is 0 Å². The normalized spacial score (nSPS) is 16.6. The van der Waals surface area contributed by atoms with Gasteiger partial charge in [-0.2, -0.15) is 13.2 Å². The molecule has 3 aromatic carbocycles. The molecule has 0 radical (unpaired) electrons. The maximum absolute atomic E-state index is 15.3. The smallest absolute Gasteiger partial charge is 0.416 e. The zero-order valence-electron chi connectivity index (χ0n) is 23.2. The largest absolute Gasteiger partial charge is 0.495 e. The third-order valence-electron chi connectivity index (χ3n) is 7.95. The average molecular weight is 581 g/mol. The topological polar surface area (TPSA) is 59.3 Å². The summed E-state index contributed by atoms with van der Waals surface area (Å²) in [6.07, 6.45) is -4.90. The molecule has 0 saturated heterocycles. The number of nitrogens with zero attached hydrogens (tertiary/aromatic N) is 4. The van der Waals surface area contributed by atoms with Crippen molar-refractivity contribution < 1.29 is 31.8 Å². The van der Waals surface area contributed by atoms with E-state index in [1.165, 1.54) is 32.4 Å². The number of guanidine groups is 1. The molecule has 0 saturated carbocycles. The van der Waals surface area contributed by atoms with E-state index in [1.54, 1.807) is 11.0 Å². The first-order valence-corrected chi connectivity index (χ1v) is 13.4. The van der Waals surface area contributed by atoms with E-state index in [0.29, 0.717) is 25.2 Å². The molecular formula is C31H28F4N4O3. The number of para-hydroxylation sites is 1. The van der Waals surface area contributed by atoms with E-state index in [9.17, 15) is 18.0 Å². The minimum absolute atomic E-state index is 0.0329. The lowest BCUT2D eigenvalue weighted by atomic mass is 9.96. The van der Waals surface area contributed by atoms with Crippen LogP contribution in [0.3, 0.4) is 0 Å². The second kappa shape index (κ2) is 10.4. The number of carbonyl (C=O) groups excluding carboxylic acids is 1. The maximum Gasteiger partial charge on any atom is 0.416 e. The standard InChI is InChI=1S/C31H28F4N4O3/c1-18-6-4-9-24-22(18)15-20-17-37(12-13-38(20)24)30-36-29-21(7-5-8-23(29)32)25(16-28(40)42-3)39(30)26-14-19(31(33,34)35)10-11-27(26)41-2/h4-11,14-15,25H,12-13,16-17H2,1-3H3. The number of fused-ring (bicyclic) bond motifs is 4. The Kier molecular flexibility index (Phi) is 6.83. The van der Waals surface area contributed by atoms with Gasteiger partial charge in [0.25, 0.3) is 0 Å². The molecule has 42 heavy (non-hydrogen) atoms. The number of benzene rings is 3. The summed E-state index contributed by atoms with van der Waals surface area (Å²) < 4.78 is 69.8. The van der Waals surface area contributed by atoms with E-state index in [2.05, 4.69) is 16.7 Å². The number of hydrogen-bond acceptors (Lipinski definition) is 6. The summed E-state index contributed by atoms with van der Waals surface area (Å²) in [5, 5.41) is 1.11. The Morgan fingerprint density at radius 3 is 2.57 bits per heavy atom. The highest BCUT2D eigenvalue weighted by Crippen LogP contribution is 2.46. The number of aromatic nitrogens is 1. The first-order chi connectivity index (χ1) is 20.1. The summed E-state index contributed by atoms with van der Waals surface area (Å²) >= 11 is 0. The van der Waals surface area contributed by atoms with Gasteiger partial charge in [-0.3, -0.25) is 4.79 Å². The Morgan fingerprint density at radius 1 is 1.05 bits per heavy atom. The van der Waals surface area contributed by atoms with Crippen LogP contribution in [0.4, 0.5) is 28.9 Å². The van der Waals surface area contributed by atoms with E-state index in [-0.39, 0.29) is 29.5 Å². The Labute approximate surface area is 239 Å². The number of carbonyl (C=O) groups is 1. The summed E-state index contributed by atoms with van der Waals surface area (Å²) in [6, 6.07) is 14.8. The molecule has 1 unspecified atom stereocenters. The zero-order chi connectivity index (χ0) is 29.8. The predicted octanol–water partition coefficient (Wildman–Crippen LogP) is 6.74. The van der Waals surface area contributed by atoms with Gasteiger partial charge in [0.2, 0.25) is 5.96 Å². The molecule has 0 bridgehead atoms. The van der Waals surface area contributed by atoms with Crippen LogP contribution < -0.4 is 9.64 Å². The molecule has 7 nitrogen and oxygen atoms in total. The number of esters is 1. The van der Waals surface area contributed by atoms with Crippen molar-refractivity contribution in [2.24, 2.45) is 4.99 Å². The third kappa shape index (κ3) is 4.62. The minimum atomic E-state index is -4.64. The summed E-state index contributed by atoms with van der Waals surface area (Å²) in [6.45, 7) is 3.41. The van der Waals surface area contributed by atoms with Crippen LogP contribution in [0, 0.1) is 12.7 Å². The second-order valence-corrected chi connectivity index (χ2v) is 10.4. The molecule has 0 N–H and O–H groups in total. The van der Waals surface area contributed by atoms with Crippen molar-refractivity contribution in [3.8, 4) is 5.75 Å². The first kappa shape index (κ1) is 27.6. The summed E-state index contributed by atoms with van der Waals surface area (Å²) in [5.74, 6) is -0.849. The minimum Gasteiger partial charge on any atom is -0.495 e.